The maximum absolute atomic E-state index is 13.9. The summed E-state index contributed by atoms with van der Waals surface area (Å²) in [4.78, 5) is 3.62. The molecule has 3 rings (SSSR count). The molecule has 2 aromatic rings. The van der Waals surface area contributed by atoms with E-state index in [0.717, 1.165) is 19.0 Å². The molecule has 1 aliphatic carbocycles. The molecule has 1 aliphatic rings. The van der Waals surface area contributed by atoms with Crippen molar-refractivity contribution < 1.29 is 17.5 Å². The Balaban J connectivity index is 1.83. The summed E-state index contributed by atoms with van der Waals surface area (Å²) in [5.41, 5.74) is 0.211. The molecule has 1 unspecified atom stereocenters. The number of nitrogens with one attached hydrogen (secondary N) is 1. The van der Waals surface area contributed by atoms with E-state index in [0.29, 0.717) is 12.5 Å². The van der Waals surface area contributed by atoms with Crippen LogP contribution in [0.5, 0.6) is 5.75 Å². The molecule has 1 aromatic carbocycles. The van der Waals surface area contributed by atoms with Crippen LogP contribution < -0.4 is 9.46 Å². The molecule has 0 amide bonds. The Morgan fingerprint density at radius 2 is 2.15 bits per heavy atom. The van der Waals surface area contributed by atoms with Crippen LogP contribution in [-0.2, 0) is 10.0 Å². The average Bonchev–Trinajstić information content (AvgIpc) is 2.54. The summed E-state index contributed by atoms with van der Waals surface area (Å²) in [6, 6.07) is 5.14. The molecule has 1 N–H and O–H groups in total. The zero-order chi connectivity index (χ0) is 18.7. The second kappa shape index (κ2) is 7.90. The first-order valence-electron chi connectivity index (χ1n) is 8.41. The van der Waals surface area contributed by atoms with E-state index in [1.165, 1.54) is 24.8 Å². The van der Waals surface area contributed by atoms with Crippen molar-refractivity contribution in [1.29, 1.82) is 0 Å². The lowest BCUT2D eigenvalue weighted by atomic mass is 9.86. The molecule has 0 spiro atoms. The van der Waals surface area contributed by atoms with Crippen LogP contribution in [0, 0.1) is 11.7 Å². The normalized spacial score (nSPS) is 16.1. The Kier molecular flexibility index (Phi) is 5.79. The van der Waals surface area contributed by atoms with Crippen molar-refractivity contribution in [3.63, 3.8) is 0 Å². The molecule has 26 heavy (non-hydrogen) atoms. The van der Waals surface area contributed by atoms with Crippen molar-refractivity contribution in [1.82, 2.24) is 9.71 Å². The molecular weight excluding hydrogens is 379 g/mol. The smallest absolute Gasteiger partial charge is 0.244 e. The zero-order valence-electron chi connectivity index (χ0n) is 14.3. The number of benzene rings is 1. The van der Waals surface area contributed by atoms with E-state index in [1.807, 2.05) is 0 Å². The van der Waals surface area contributed by atoms with Gasteiger partial charge in [-0.25, -0.2) is 17.5 Å². The Morgan fingerprint density at radius 1 is 1.38 bits per heavy atom. The SMILES string of the molecule is CC(NS(=O)(=O)c1cc(Cl)ccc1OCC1CCC1)c1ccncc1F. The molecule has 0 bridgehead atoms. The monoisotopic (exact) mass is 398 g/mol. The third kappa shape index (κ3) is 4.34. The van der Waals surface area contributed by atoms with Gasteiger partial charge in [-0.3, -0.25) is 4.98 Å². The number of sulfonamides is 1. The average molecular weight is 399 g/mol. The van der Waals surface area contributed by atoms with E-state index in [-0.39, 0.29) is 21.2 Å². The van der Waals surface area contributed by atoms with Gasteiger partial charge in [0.25, 0.3) is 0 Å². The van der Waals surface area contributed by atoms with Crippen molar-refractivity contribution >= 4 is 21.6 Å². The maximum atomic E-state index is 13.9. The predicted octanol–water partition coefficient (Wildman–Crippen LogP) is 4.09. The lowest BCUT2D eigenvalue weighted by Crippen LogP contribution is -2.28. The first-order chi connectivity index (χ1) is 12.4. The quantitative estimate of drug-likeness (QED) is 0.762. The summed E-state index contributed by atoms with van der Waals surface area (Å²) >= 11 is 5.99. The predicted molar refractivity (Wildman–Crippen MR) is 97.2 cm³/mol. The van der Waals surface area contributed by atoms with Crippen LogP contribution in [0.25, 0.3) is 0 Å². The minimum atomic E-state index is -3.96. The van der Waals surface area contributed by atoms with Gasteiger partial charge in [0.15, 0.2) is 0 Å². The van der Waals surface area contributed by atoms with Crippen molar-refractivity contribution in [2.75, 3.05) is 6.61 Å². The number of pyridine rings is 1. The van der Waals surface area contributed by atoms with Crippen LogP contribution in [0.15, 0.2) is 41.6 Å². The summed E-state index contributed by atoms with van der Waals surface area (Å²) in [7, 11) is -3.96. The number of nitrogens with zero attached hydrogens (tertiary/aromatic N) is 1. The minimum absolute atomic E-state index is 0.0503. The fourth-order valence-corrected chi connectivity index (χ4v) is 4.41. The summed E-state index contributed by atoms with van der Waals surface area (Å²) in [6.07, 6.45) is 5.82. The third-order valence-electron chi connectivity index (χ3n) is 4.50. The van der Waals surface area contributed by atoms with Gasteiger partial charge in [0, 0.05) is 22.8 Å². The van der Waals surface area contributed by atoms with Crippen molar-refractivity contribution in [2.24, 2.45) is 5.92 Å². The summed E-state index contributed by atoms with van der Waals surface area (Å²) < 4.78 is 47.8. The topological polar surface area (TPSA) is 68.3 Å². The number of halogens is 2. The van der Waals surface area contributed by atoms with Gasteiger partial charge in [0.2, 0.25) is 10.0 Å². The number of hydrogen-bond acceptors (Lipinski definition) is 4. The molecule has 8 heteroatoms. The number of hydrogen-bond donors (Lipinski definition) is 1. The first-order valence-corrected chi connectivity index (χ1v) is 10.3. The Labute approximate surface area is 157 Å². The van der Waals surface area contributed by atoms with E-state index in [9.17, 15) is 12.8 Å². The zero-order valence-corrected chi connectivity index (χ0v) is 15.9. The second-order valence-corrected chi connectivity index (χ2v) is 8.56. The summed E-state index contributed by atoms with van der Waals surface area (Å²) in [5, 5.41) is 0.282. The highest BCUT2D eigenvalue weighted by Gasteiger charge is 2.25. The minimum Gasteiger partial charge on any atom is -0.492 e. The molecule has 1 aromatic heterocycles. The van der Waals surface area contributed by atoms with Crippen LogP contribution in [-0.4, -0.2) is 20.0 Å². The maximum Gasteiger partial charge on any atom is 0.244 e. The molecule has 0 aliphatic heterocycles. The van der Waals surface area contributed by atoms with E-state index < -0.39 is 21.9 Å². The van der Waals surface area contributed by atoms with Crippen LogP contribution >= 0.6 is 11.6 Å². The highest BCUT2D eigenvalue weighted by atomic mass is 35.5. The van der Waals surface area contributed by atoms with Crippen LogP contribution in [0.4, 0.5) is 4.39 Å². The number of ether oxygens (including phenoxy) is 1. The molecule has 0 radical (unpaired) electrons. The van der Waals surface area contributed by atoms with Gasteiger partial charge in [-0.05, 0) is 49.9 Å². The first kappa shape index (κ1) is 19.1. The van der Waals surface area contributed by atoms with E-state index in [1.54, 1.807) is 19.1 Å². The van der Waals surface area contributed by atoms with Gasteiger partial charge < -0.3 is 4.74 Å². The molecular formula is C18H20ClFN2O3S. The van der Waals surface area contributed by atoms with Gasteiger partial charge in [-0.1, -0.05) is 18.0 Å². The van der Waals surface area contributed by atoms with Gasteiger partial charge in [0.1, 0.15) is 16.5 Å². The molecule has 1 fully saturated rings. The Morgan fingerprint density at radius 3 is 2.81 bits per heavy atom. The van der Waals surface area contributed by atoms with Crippen molar-refractivity contribution in [3.05, 3.63) is 53.1 Å². The van der Waals surface area contributed by atoms with E-state index >= 15 is 0 Å². The van der Waals surface area contributed by atoms with Gasteiger partial charge in [-0.2, -0.15) is 0 Å². The third-order valence-corrected chi connectivity index (χ3v) is 6.29. The Hall–Kier alpha value is -1.70. The highest BCUT2D eigenvalue weighted by Crippen LogP contribution is 2.32. The van der Waals surface area contributed by atoms with Gasteiger partial charge in [-0.15, -0.1) is 0 Å². The van der Waals surface area contributed by atoms with Crippen molar-refractivity contribution in [2.45, 2.75) is 37.1 Å². The highest BCUT2D eigenvalue weighted by molar-refractivity contribution is 7.89. The van der Waals surface area contributed by atoms with Crippen LogP contribution in [0.1, 0.15) is 37.8 Å². The second-order valence-electron chi connectivity index (χ2n) is 6.44. The summed E-state index contributed by atoms with van der Waals surface area (Å²) in [6.45, 7) is 2.04. The molecule has 1 heterocycles. The van der Waals surface area contributed by atoms with Crippen molar-refractivity contribution in [3.8, 4) is 5.75 Å². The lowest BCUT2D eigenvalue weighted by Gasteiger charge is -2.26. The fourth-order valence-electron chi connectivity index (χ4n) is 2.78. The number of aromatic nitrogens is 1. The molecule has 140 valence electrons. The standard InChI is InChI=1S/C18H20ClFN2O3S/c1-12(15-7-8-21-10-16(15)20)22-26(23,24)18-9-14(19)5-6-17(18)25-11-13-3-2-4-13/h5-10,12-13,22H,2-4,11H2,1H3. The van der Waals surface area contributed by atoms with E-state index in [4.69, 9.17) is 16.3 Å². The fraction of sp³-hybridized carbons (Fsp3) is 0.389. The Bertz CT molecular complexity index is 888. The van der Waals surface area contributed by atoms with Crippen LogP contribution in [0.3, 0.4) is 0 Å². The summed E-state index contributed by atoms with van der Waals surface area (Å²) in [5.74, 6) is 0.130. The lowest BCUT2D eigenvalue weighted by molar-refractivity contribution is 0.177. The molecule has 0 saturated heterocycles. The van der Waals surface area contributed by atoms with Crippen LogP contribution in [0.2, 0.25) is 5.02 Å². The van der Waals surface area contributed by atoms with Gasteiger partial charge in [0.05, 0.1) is 12.8 Å². The largest absolute Gasteiger partial charge is 0.492 e. The molecule has 5 nitrogen and oxygen atoms in total. The van der Waals surface area contributed by atoms with Gasteiger partial charge >= 0.3 is 0 Å². The number of rotatable bonds is 7. The molecule has 1 saturated carbocycles. The van der Waals surface area contributed by atoms with E-state index in [2.05, 4.69) is 9.71 Å². The molecule has 1 atom stereocenters.